The third kappa shape index (κ3) is 3.98. The predicted octanol–water partition coefficient (Wildman–Crippen LogP) is 2.37. The molecule has 0 N–H and O–H groups in total. The van der Waals surface area contributed by atoms with Crippen LogP contribution in [0.15, 0.2) is 23.5 Å². The summed E-state index contributed by atoms with van der Waals surface area (Å²) < 4.78 is 12.5. The molecule has 1 aromatic heterocycles. The van der Waals surface area contributed by atoms with E-state index >= 15 is 0 Å². The summed E-state index contributed by atoms with van der Waals surface area (Å²) >= 11 is 0. The third-order valence-electron chi connectivity index (χ3n) is 1.26. The molecule has 1 aromatic rings. The van der Waals surface area contributed by atoms with Gasteiger partial charge in [-0.15, -0.1) is 0 Å². The summed E-state index contributed by atoms with van der Waals surface area (Å²) in [7, 11) is 0. The Labute approximate surface area is 82.6 Å². The van der Waals surface area contributed by atoms with E-state index in [1.54, 1.807) is 0 Å². The highest BCUT2D eigenvalue weighted by atomic mass is 19.1. The summed E-state index contributed by atoms with van der Waals surface area (Å²) in [4.78, 5) is 8.89. The Morgan fingerprint density at radius 2 is 2.14 bits per heavy atom. The normalized spacial score (nSPS) is 12.0. The zero-order valence-corrected chi connectivity index (χ0v) is 8.49. The van der Waals surface area contributed by atoms with Crippen molar-refractivity contribution in [2.45, 2.75) is 26.4 Å². The van der Waals surface area contributed by atoms with Gasteiger partial charge in [-0.1, -0.05) is 5.16 Å². The number of rotatable bonds is 2. The van der Waals surface area contributed by atoms with Crippen LogP contribution < -0.4 is 0 Å². The topological polar surface area (TPSA) is 34.5 Å². The number of nitrogens with zero attached hydrogens (tertiary/aromatic N) is 2. The molecule has 0 saturated carbocycles. The lowest BCUT2D eigenvalue weighted by molar-refractivity contribution is 0.00196. The van der Waals surface area contributed by atoms with Crippen LogP contribution in [0.1, 0.15) is 26.5 Å². The van der Waals surface area contributed by atoms with E-state index in [0.717, 1.165) is 6.20 Å². The van der Waals surface area contributed by atoms with E-state index in [0.29, 0.717) is 5.69 Å². The van der Waals surface area contributed by atoms with Crippen LogP contribution in [-0.4, -0.2) is 16.8 Å². The molecular weight excluding hydrogens is 183 g/mol. The third-order valence-corrected chi connectivity index (χ3v) is 1.26. The fourth-order valence-corrected chi connectivity index (χ4v) is 0.702. The molecule has 0 aliphatic rings. The molecule has 0 spiro atoms. The molecule has 14 heavy (non-hydrogen) atoms. The molecule has 0 saturated heterocycles. The first kappa shape index (κ1) is 10.6. The van der Waals surface area contributed by atoms with Gasteiger partial charge in [0.1, 0.15) is 11.4 Å². The maximum atomic E-state index is 12.5. The molecule has 4 heteroatoms. The molecule has 3 nitrogen and oxygen atoms in total. The molecule has 0 radical (unpaired) electrons. The van der Waals surface area contributed by atoms with Crippen molar-refractivity contribution in [2.24, 2.45) is 5.16 Å². The first-order valence-corrected chi connectivity index (χ1v) is 4.30. The molecule has 1 heterocycles. The highest BCUT2D eigenvalue weighted by molar-refractivity contribution is 5.76. The van der Waals surface area contributed by atoms with Gasteiger partial charge in [-0.05, 0) is 32.9 Å². The summed E-state index contributed by atoms with van der Waals surface area (Å²) in [6, 6.07) is 2.86. The molecule has 0 amide bonds. The standard InChI is InChI=1S/C10H13FN2O/c1-10(2,3)14-13-7-9-5-4-8(11)6-12-9/h4-7H,1-3H3/b13-7+. The van der Waals surface area contributed by atoms with E-state index in [4.69, 9.17) is 4.84 Å². The Morgan fingerprint density at radius 3 is 2.64 bits per heavy atom. The van der Waals surface area contributed by atoms with Crippen LogP contribution in [0.3, 0.4) is 0 Å². The summed E-state index contributed by atoms with van der Waals surface area (Å²) in [5.41, 5.74) is 0.243. The molecule has 76 valence electrons. The minimum absolute atomic E-state index is 0.323. The molecule has 0 bridgehead atoms. The van der Waals surface area contributed by atoms with Gasteiger partial charge in [-0.2, -0.15) is 0 Å². The van der Waals surface area contributed by atoms with Crippen LogP contribution in [0.5, 0.6) is 0 Å². The predicted molar refractivity (Wildman–Crippen MR) is 52.6 cm³/mol. The van der Waals surface area contributed by atoms with Gasteiger partial charge in [0.15, 0.2) is 0 Å². The van der Waals surface area contributed by atoms with Gasteiger partial charge in [0.05, 0.1) is 18.1 Å². The highest BCUT2D eigenvalue weighted by Gasteiger charge is 2.09. The Hall–Kier alpha value is -1.45. The number of hydrogen-bond donors (Lipinski definition) is 0. The van der Waals surface area contributed by atoms with Crippen molar-refractivity contribution in [3.05, 3.63) is 29.8 Å². The van der Waals surface area contributed by atoms with Crippen LogP contribution in [0.2, 0.25) is 0 Å². The molecule has 0 atom stereocenters. The first-order valence-electron chi connectivity index (χ1n) is 4.30. The van der Waals surface area contributed by atoms with Gasteiger partial charge in [-0.3, -0.25) is 4.98 Å². The van der Waals surface area contributed by atoms with Crippen molar-refractivity contribution in [2.75, 3.05) is 0 Å². The van der Waals surface area contributed by atoms with Crippen molar-refractivity contribution in [3.8, 4) is 0 Å². The second kappa shape index (κ2) is 4.17. The molecular formula is C10H13FN2O. The maximum absolute atomic E-state index is 12.5. The molecule has 0 aliphatic carbocycles. The van der Waals surface area contributed by atoms with Crippen LogP contribution in [0, 0.1) is 5.82 Å². The minimum atomic E-state index is -0.362. The van der Waals surface area contributed by atoms with Crippen molar-refractivity contribution in [1.29, 1.82) is 0 Å². The van der Waals surface area contributed by atoms with Crippen molar-refractivity contribution in [1.82, 2.24) is 4.98 Å². The highest BCUT2D eigenvalue weighted by Crippen LogP contribution is 2.06. The molecule has 0 fully saturated rings. The van der Waals surface area contributed by atoms with E-state index in [1.807, 2.05) is 20.8 Å². The Morgan fingerprint density at radius 1 is 1.43 bits per heavy atom. The molecule has 1 rings (SSSR count). The van der Waals surface area contributed by atoms with Gasteiger partial charge < -0.3 is 4.84 Å². The van der Waals surface area contributed by atoms with Crippen molar-refractivity contribution < 1.29 is 9.23 Å². The van der Waals surface area contributed by atoms with Crippen molar-refractivity contribution >= 4 is 6.21 Å². The van der Waals surface area contributed by atoms with Gasteiger partial charge >= 0.3 is 0 Å². The fourth-order valence-electron chi connectivity index (χ4n) is 0.702. The second-order valence-electron chi connectivity index (χ2n) is 3.84. The lowest BCUT2D eigenvalue weighted by Gasteiger charge is -2.14. The van der Waals surface area contributed by atoms with E-state index < -0.39 is 0 Å². The number of aromatic nitrogens is 1. The Balaban J connectivity index is 2.57. The Kier molecular flexibility index (Phi) is 3.17. The molecule has 0 unspecified atom stereocenters. The number of halogens is 1. The van der Waals surface area contributed by atoms with E-state index in [-0.39, 0.29) is 11.4 Å². The van der Waals surface area contributed by atoms with Crippen LogP contribution in [0.25, 0.3) is 0 Å². The lowest BCUT2D eigenvalue weighted by Crippen LogP contribution is -2.15. The largest absolute Gasteiger partial charge is 0.390 e. The quantitative estimate of drug-likeness (QED) is 0.537. The Bertz CT molecular complexity index is 314. The zero-order valence-electron chi connectivity index (χ0n) is 8.49. The number of oxime groups is 1. The van der Waals surface area contributed by atoms with E-state index in [2.05, 4.69) is 10.1 Å². The van der Waals surface area contributed by atoms with Crippen molar-refractivity contribution in [3.63, 3.8) is 0 Å². The van der Waals surface area contributed by atoms with Gasteiger partial charge in [0.2, 0.25) is 0 Å². The monoisotopic (exact) mass is 196 g/mol. The lowest BCUT2D eigenvalue weighted by atomic mass is 10.2. The summed E-state index contributed by atoms with van der Waals surface area (Å²) in [6.07, 6.45) is 2.59. The summed E-state index contributed by atoms with van der Waals surface area (Å²) in [5.74, 6) is -0.362. The van der Waals surface area contributed by atoms with Gasteiger partial charge in [-0.25, -0.2) is 4.39 Å². The number of hydrogen-bond acceptors (Lipinski definition) is 3. The average molecular weight is 196 g/mol. The van der Waals surface area contributed by atoms with E-state index in [1.165, 1.54) is 18.3 Å². The van der Waals surface area contributed by atoms with Gasteiger partial charge in [0, 0.05) is 0 Å². The van der Waals surface area contributed by atoms with Gasteiger partial charge in [0.25, 0.3) is 0 Å². The molecule has 0 aromatic carbocycles. The maximum Gasteiger partial charge on any atom is 0.141 e. The smallest absolute Gasteiger partial charge is 0.141 e. The first-order chi connectivity index (χ1) is 6.47. The fraction of sp³-hybridized carbons (Fsp3) is 0.400. The van der Waals surface area contributed by atoms with Crippen LogP contribution in [0.4, 0.5) is 4.39 Å². The molecule has 0 aliphatic heterocycles. The summed E-state index contributed by atoms with van der Waals surface area (Å²) in [5, 5.41) is 3.73. The number of pyridine rings is 1. The zero-order chi connectivity index (χ0) is 10.6. The van der Waals surface area contributed by atoms with Crippen LogP contribution >= 0.6 is 0 Å². The summed E-state index contributed by atoms with van der Waals surface area (Å²) in [6.45, 7) is 5.67. The second-order valence-corrected chi connectivity index (χ2v) is 3.84. The van der Waals surface area contributed by atoms with Crippen LogP contribution in [-0.2, 0) is 4.84 Å². The SMILES string of the molecule is CC(C)(C)O/N=C/c1ccc(F)cn1. The average Bonchev–Trinajstić information content (AvgIpc) is 2.06. The van der Waals surface area contributed by atoms with E-state index in [9.17, 15) is 4.39 Å². The minimum Gasteiger partial charge on any atom is -0.390 e.